The van der Waals surface area contributed by atoms with Gasteiger partial charge in [-0.05, 0) is 12.8 Å². The van der Waals surface area contributed by atoms with Crippen molar-refractivity contribution in [2.45, 2.75) is 19.8 Å². The first kappa shape index (κ1) is 16.8. The summed E-state index contributed by atoms with van der Waals surface area (Å²) in [5.41, 5.74) is -0.481. The van der Waals surface area contributed by atoms with Crippen molar-refractivity contribution in [3.63, 3.8) is 0 Å². The van der Waals surface area contributed by atoms with Crippen LogP contribution in [0.25, 0.3) is 0 Å². The summed E-state index contributed by atoms with van der Waals surface area (Å²) < 4.78 is 38.9. The van der Waals surface area contributed by atoms with Crippen molar-refractivity contribution in [1.82, 2.24) is 5.32 Å². The van der Waals surface area contributed by atoms with Gasteiger partial charge in [0.05, 0.1) is 11.6 Å². The zero-order chi connectivity index (χ0) is 16.0. The SMILES string of the molecule is CC(CCCNC(=O)Nc1cc(F)c(F)cc1F)C(=O)O. The number of rotatable bonds is 6. The number of hydrogen-bond acceptors (Lipinski definition) is 2. The number of aliphatic carboxylic acids is 1. The molecule has 0 spiro atoms. The third kappa shape index (κ3) is 5.33. The number of amides is 2. The first-order valence-corrected chi connectivity index (χ1v) is 6.23. The number of carboxylic acid groups (broad SMARTS) is 1. The molecule has 0 radical (unpaired) electrons. The zero-order valence-corrected chi connectivity index (χ0v) is 11.3. The molecule has 0 aromatic heterocycles. The van der Waals surface area contributed by atoms with Crippen LogP contribution in [0.2, 0.25) is 0 Å². The fourth-order valence-corrected chi connectivity index (χ4v) is 1.52. The molecule has 1 aromatic rings. The van der Waals surface area contributed by atoms with Crippen molar-refractivity contribution in [3.8, 4) is 0 Å². The highest BCUT2D eigenvalue weighted by atomic mass is 19.2. The molecule has 0 saturated heterocycles. The summed E-state index contributed by atoms with van der Waals surface area (Å²) in [5.74, 6) is -5.17. The molecule has 0 bridgehead atoms. The summed E-state index contributed by atoms with van der Waals surface area (Å²) in [5, 5.41) is 13.1. The van der Waals surface area contributed by atoms with Crippen molar-refractivity contribution in [2.75, 3.05) is 11.9 Å². The molecule has 0 fully saturated rings. The second-order valence-electron chi connectivity index (χ2n) is 4.51. The lowest BCUT2D eigenvalue weighted by atomic mass is 10.1. The van der Waals surface area contributed by atoms with E-state index in [1.807, 2.05) is 5.32 Å². The average molecular weight is 304 g/mol. The van der Waals surface area contributed by atoms with Crippen molar-refractivity contribution in [2.24, 2.45) is 5.92 Å². The van der Waals surface area contributed by atoms with Gasteiger partial charge in [-0.1, -0.05) is 6.92 Å². The van der Waals surface area contributed by atoms with Gasteiger partial charge < -0.3 is 15.7 Å². The number of hydrogen-bond donors (Lipinski definition) is 3. The number of carbonyl (C=O) groups is 2. The Morgan fingerprint density at radius 3 is 2.43 bits per heavy atom. The molecule has 8 heteroatoms. The second-order valence-corrected chi connectivity index (χ2v) is 4.51. The monoisotopic (exact) mass is 304 g/mol. The van der Waals surface area contributed by atoms with Gasteiger partial charge in [0, 0.05) is 18.7 Å². The van der Waals surface area contributed by atoms with Crippen LogP contribution >= 0.6 is 0 Å². The maximum absolute atomic E-state index is 13.3. The maximum atomic E-state index is 13.3. The minimum Gasteiger partial charge on any atom is -0.481 e. The highest BCUT2D eigenvalue weighted by Crippen LogP contribution is 2.18. The van der Waals surface area contributed by atoms with E-state index < -0.39 is 41.1 Å². The normalized spacial score (nSPS) is 11.8. The van der Waals surface area contributed by atoms with Crippen LogP contribution in [-0.4, -0.2) is 23.7 Å². The minimum absolute atomic E-state index is 0.175. The highest BCUT2D eigenvalue weighted by Gasteiger charge is 2.13. The number of halogens is 3. The molecule has 5 nitrogen and oxygen atoms in total. The molecule has 1 atom stereocenters. The van der Waals surface area contributed by atoms with Crippen molar-refractivity contribution in [1.29, 1.82) is 0 Å². The van der Waals surface area contributed by atoms with E-state index in [0.717, 1.165) is 0 Å². The summed E-state index contributed by atoms with van der Waals surface area (Å²) in [6, 6.07) is 0.0823. The predicted molar refractivity (Wildman–Crippen MR) is 69.4 cm³/mol. The zero-order valence-electron chi connectivity index (χ0n) is 11.3. The van der Waals surface area contributed by atoms with E-state index in [0.29, 0.717) is 25.0 Å². The van der Waals surface area contributed by atoms with E-state index in [2.05, 4.69) is 5.32 Å². The Bertz CT molecular complexity index is 538. The fourth-order valence-electron chi connectivity index (χ4n) is 1.52. The van der Waals surface area contributed by atoms with Crippen molar-refractivity contribution >= 4 is 17.7 Å². The summed E-state index contributed by atoms with van der Waals surface area (Å²) in [6.45, 7) is 1.72. The van der Waals surface area contributed by atoms with Crippen LogP contribution in [0.3, 0.4) is 0 Å². The lowest BCUT2D eigenvalue weighted by Gasteiger charge is -2.10. The molecule has 0 aliphatic carbocycles. The molecular weight excluding hydrogens is 289 g/mol. The second kappa shape index (κ2) is 7.51. The van der Waals surface area contributed by atoms with E-state index in [1.54, 1.807) is 6.92 Å². The average Bonchev–Trinajstić information content (AvgIpc) is 2.40. The molecule has 0 heterocycles. The van der Waals surface area contributed by atoms with Crippen LogP contribution in [0.5, 0.6) is 0 Å². The summed E-state index contributed by atoms with van der Waals surface area (Å²) in [7, 11) is 0. The first-order chi connectivity index (χ1) is 9.81. The van der Waals surface area contributed by atoms with Crippen molar-refractivity contribution < 1.29 is 27.9 Å². The summed E-state index contributed by atoms with van der Waals surface area (Å²) in [6.07, 6.45) is 0.788. The van der Waals surface area contributed by atoms with Gasteiger partial charge in [0.15, 0.2) is 11.6 Å². The van der Waals surface area contributed by atoms with Gasteiger partial charge in [-0.3, -0.25) is 4.79 Å². The quantitative estimate of drug-likeness (QED) is 0.558. The van der Waals surface area contributed by atoms with Crippen LogP contribution in [0.15, 0.2) is 12.1 Å². The Morgan fingerprint density at radius 1 is 1.19 bits per heavy atom. The maximum Gasteiger partial charge on any atom is 0.319 e. The molecule has 1 aromatic carbocycles. The Kier molecular flexibility index (Phi) is 6.01. The van der Waals surface area contributed by atoms with Crippen LogP contribution in [-0.2, 0) is 4.79 Å². The van der Waals surface area contributed by atoms with Gasteiger partial charge in [-0.2, -0.15) is 0 Å². The van der Waals surface area contributed by atoms with E-state index >= 15 is 0 Å². The minimum atomic E-state index is -1.35. The van der Waals surface area contributed by atoms with Crippen molar-refractivity contribution in [3.05, 3.63) is 29.6 Å². The molecule has 1 rings (SSSR count). The Hall–Kier alpha value is -2.25. The molecule has 0 aliphatic heterocycles. The van der Waals surface area contributed by atoms with Gasteiger partial charge in [-0.15, -0.1) is 0 Å². The van der Waals surface area contributed by atoms with Crippen LogP contribution in [0, 0.1) is 23.4 Å². The Balaban J connectivity index is 2.41. The largest absolute Gasteiger partial charge is 0.481 e. The van der Waals surface area contributed by atoms with Gasteiger partial charge >= 0.3 is 12.0 Å². The molecule has 0 aliphatic rings. The molecule has 1 unspecified atom stereocenters. The molecule has 2 amide bonds. The lowest BCUT2D eigenvalue weighted by molar-refractivity contribution is -0.141. The number of urea groups is 1. The lowest BCUT2D eigenvalue weighted by Crippen LogP contribution is -2.30. The van der Waals surface area contributed by atoms with Gasteiger partial charge in [0.25, 0.3) is 0 Å². The van der Waals surface area contributed by atoms with E-state index in [-0.39, 0.29) is 6.54 Å². The topological polar surface area (TPSA) is 78.4 Å². The van der Waals surface area contributed by atoms with Gasteiger partial charge in [-0.25, -0.2) is 18.0 Å². The van der Waals surface area contributed by atoms with Crippen LogP contribution < -0.4 is 10.6 Å². The number of anilines is 1. The number of benzene rings is 1. The molecule has 3 N–H and O–H groups in total. The van der Waals surface area contributed by atoms with E-state index in [1.165, 1.54) is 0 Å². The van der Waals surface area contributed by atoms with Crippen LogP contribution in [0.1, 0.15) is 19.8 Å². The first-order valence-electron chi connectivity index (χ1n) is 6.23. The Morgan fingerprint density at radius 2 is 1.81 bits per heavy atom. The molecular formula is C13H15F3N2O3. The standard InChI is InChI=1S/C13H15F3N2O3/c1-7(12(19)20)3-2-4-17-13(21)18-11-6-9(15)8(14)5-10(11)16/h5-7H,2-4H2,1H3,(H,19,20)(H2,17,18,21). The predicted octanol–water partition coefficient (Wildman–Crippen LogP) is 2.73. The molecule has 116 valence electrons. The molecule has 21 heavy (non-hydrogen) atoms. The highest BCUT2D eigenvalue weighted by molar-refractivity contribution is 5.89. The van der Waals surface area contributed by atoms with E-state index in [9.17, 15) is 22.8 Å². The molecule has 0 saturated carbocycles. The van der Waals surface area contributed by atoms with E-state index in [4.69, 9.17) is 5.11 Å². The van der Waals surface area contributed by atoms with Crippen LogP contribution in [0.4, 0.5) is 23.7 Å². The number of carboxylic acids is 1. The van der Waals surface area contributed by atoms with Gasteiger partial charge in [0.1, 0.15) is 5.82 Å². The third-order valence-corrected chi connectivity index (χ3v) is 2.78. The third-order valence-electron chi connectivity index (χ3n) is 2.78. The summed E-state index contributed by atoms with van der Waals surface area (Å²) >= 11 is 0. The smallest absolute Gasteiger partial charge is 0.319 e. The van der Waals surface area contributed by atoms with Gasteiger partial charge in [0.2, 0.25) is 0 Å². The fraction of sp³-hybridized carbons (Fsp3) is 0.385. The Labute approximate surface area is 119 Å². The summed E-state index contributed by atoms with van der Waals surface area (Å²) in [4.78, 5) is 22.0. The number of nitrogens with one attached hydrogen (secondary N) is 2. The number of carbonyl (C=O) groups excluding carboxylic acids is 1.